The van der Waals surface area contributed by atoms with Gasteiger partial charge in [0.15, 0.2) is 5.12 Å². The molecule has 0 saturated carbocycles. The molecule has 0 saturated heterocycles. The van der Waals surface area contributed by atoms with Gasteiger partial charge in [0.25, 0.3) is 0 Å². The number of carboxylic acid groups (broad SMARTS) is 3. The van der Waals surface area contributed by atoms with E-state index in [-0.39, 0.29) is 31.4 Å². The number of carbonyl (C=O) groups is 6. The van der Waals surface area contributed by atoms with Crippen molar-refractivity contribution in [3.8, 4) is 0 Å². The van der Waals surface area contributed by atoms with Crippen LogP contribution in [0.3, 0.4) is 0 Å². The summed E-state index contributed by atoms with van der Waals surface area (Å²) in [5.74, 6) is -5.58. The molecular weight excluding hydrogens is 386 g/mol. The van der Waals surface area contributed by atoms with Gasteiger partial charge in [-0.15, -0.1) is 0 Å². The maximum atomic E-state index is 12.0. The molecule has 27 heavy (non-hydrogen) atoms. The lowest BCUT2D eigenvalue weighted by molar-refractivity contribution is -0.139. The number of rotatable bonds is 13. The zero-order valence-corrected chi connectivity index (χ0v) is 15.0. The fourth-order valence-electron chi connectivity index (χ4n) is 1.60. The van der Waals surface area contributed by atoms with E-state index >= 15 is 0 Å². The largest absolute Gasteiger partial charge is 0.481 e. The van der Waals surface area contributed by atoms with Gasteiger partial charge in [-0.1, -0.05) is 11.8 Å². The smallest absolute Gasteiger partial charge is 0.322 e. The van der Waals surface area contributed by atoms with E-state index in [1.807, 2.05) is 0 Å². The molecule has 0 aromatic heterocycles. The van der Waals surface area contributed by atoms with Gasteiger partial charge in [-0.25, -0.2) is 0 Å². The van der Waals surface area contributed by atoms with Gasteiger partial charge in [0.1, 0.15) is 18.6 Å². The second-order valence-corrected chi connectivity index (χ2v) is 6.37. The highest BCUT2D eigenvalue weighted by Crippen LogP contribution is 2.10. The van der Waals surface area contributed by atoms with Crippen LogP contribution < -0.4 is 16.4 Å². The Labute approximate surface area is 157 Å². The van der Waals surface area contributed by atoms with E-state index in [4.69, 9.17) is 21.1 Å². The fourth-order valence-corrected chi connectivity index (χ4v) is 2.44. The number of amides is 2. The number of thioether (sulfide) groups is 1. The molecule has 0 aromatic rings. The van der Waals surface area contributed by atoms with Gasteiger partial charge in [0.05, 0.1) is 6.42 Å². The van der Waals surface area contributed by atoms with Crippen LogP contribution in [-0.4, -0.2) is 74.5 Å². The second-order valence-electron chi connectivity index (χ2n) is 5.29. The highest BCUT2D eigenvalue weighted by atomic mass is 32.2. The normalized spacial score (nSPS) is 12.5. The maximum Gasteiger partial charge on any atom is 0.322 e. The molecule has 12 nitrogen and oxygen atoms in total. The standard InChI is InChI=1S/C14H21N3O9S/c15-7(14(25)26)1-2-9(18)17-8(13(24)16-5-11(21)22)6-27-12(23)4-3-10(19)20/h7-8H,1-6,15H2,(H,16,24)(H,17,18)(H,19,20)(H,21,22)(H,25,26). The van der Waals surface area contributed by atoms with Crippen LogP contribution >= 0.6 is 11.8 Å². The average Bonchev–Trinajstić information content (AvgIpc) is 2.58. The summed E-state index contributed by atoms with van der Waals surface area (Å²) >= 11 is 0.616. The van der Waals surface area contributed by atoms with Crippen LogP contribution in [0.15, 0.2) is 0 Å². The predicted molar refractivity (Wildman–Crippen MR) is 91.8 cm³/mol. The lowest BCUT2D eigenvalue weighted by Gasteiger charge is -2.17. The van der Waals surface area contributed by atoms with Crippen LogP contribution in [0.4, 0.5) is 0 Å². The van der Waals surface area contributed by atoms with Crippen LogP contribution in [0.5, 0.6) is 0 Å². The molecule has 0 aromatic carbocycles. The number of nitrogens with two attached hydrogens (primary N) is 1. The van der Waals surface area contributed by atoms with Gasteiger partial charge in [0, 0.05) is 18.6 Å². The monoisotopic (exact) mass is 407 g/mol. The van der Waals surface area contributed by atoms with E-state index in [2.05, 4.69) is 10.6 Å². The van der Waals surface area contributed by atoms with E-state index in [0.717, 1.165) is 0 Å². The number of aliphatic carboxylic acids is 3. The van der Waals surface area contributed by atoms with Crippen molar-refractivity contribution < 1.29 is 44.1 Å². The van der Waals surface area contributed by atoms with Gasteiger partial charge in [-0.3, -0.25) is 28.8 Å². The number of hydrogen-bond acceptors (Lipinski definition) is 8. The molecule has 152 valence electrons. The molecule has 13 heteroatoms. The van der Waals surface area contributed by atoms with Crippen molar-refractivity contribution >= 4 is 46.6 Å². The summed E-state index contributed by atoms with van der Waals surface area (Å²) in [6, 6.07) is -2.53. The molecule has 2 atom stereocenters. The summed E-state index contributed by atoms with van der Waals surface area (Å²) in [7, 11) is 0. The third-order valence-corrected chi connectivity index (χ3v) is 4.05. The Bertz CT molecular complexity index is 596. The molecular formula is C14H21N3O9S. The molecule has 0 fully saturated rings. The third kappa shape index (κ3) is 12.3. The Morgan fingerprint density at radius 2 is 1.56 bits per heavy atom. The number of carboxylic acids is 3. The number of hydrogen-bond donors (Lipinski definition) is 6. The molecule has 0 aliphatic rings. The molecule has 0 aliphatic carbocycles. The van der Waals surface area contributed by atoms with Crippen molar-refractivity contribution in [3.63, 3.8) is 0 Å². The van der Waals surface area contributed by atoms with Crippen LogP contribution in [0.2, 0.25) is 0 Å². The van der Waals surface area contributed by atoms with Crippen LogP contribution in [0.25, 0.3) is 0 Å². The minimum atomic E-state index is -1.31. The lowest BCUT2D eigenvalue weighted by atomic mass is 10.1. The van der Waals surface area contributed by atoms with Gasteiger partial charge in [0.2, 0.25) is 11.8 Å². The predicted octanol–water partition coefficient (Wildman–Crippen LogP) is -2.01. The van der Waals surface area contributed by atoms with E-state index < -0.39 is 53.5 Å². The van der Waals surface area contributed by atoms with Crippen molar-refractivity contribution in [1.82, 2.24) is 10.6 Å². The van der Waals surface area contributed by atoms with Crippen LogP contribution in [0, 0.1) is 0 Å². The van der Waals surface area contributed by atoms with E-state index in [9.17, 15) is 28.8 Å². The highest BCUT2D eigenvalue weighted by Gasteiger charge is 2.23. The first-order valence-corrected chi connectivity index (χ1v) is 8.66. The summed E-state index contributed by atoms with van der Waals surface area (Å²) in [4.78, 5) is 67.0. The SMILES string of the molecule is NC(CCC(=O)NC(CSC(=O)CCC(=O)O)C(=O)NCC(=O)O)C(=O)O. The zero-order valence-electron chi connectivity index (χ0n) is 14.2. The molecule has 0 rings (SSSR count). The van der Waals surface area contributed by atoms with E-state index in [1.54, 1.807) is 0 Å². The molecule has 7 N–H and O–H groups in total. The molecule has 0 spiro atoms. The minimum Gasteiger partial charge on any atom is -0.481 e. The Balaban J connectivity index is 4.72. The number of carbonyl (C=O) groups excluding carboxylic acids is 3. The first-order chi connectivity index (χ1) is 12.5. The summed E-state index contributed by atoms with van der Waals surface area (Å²) in [5.41, 5.74) is 5.27. The van der Waals surface area contributed by atoms with Gasteiger partial charge >= 0.3 is 17.9 Å². The van der Waals surface area contributed by atoms with Gasteiger partial charge < -0.3 is 31.7 Å². The van der Waals surface area contributed by atoms with Crippen molar-refractivity contribution in [2.75, 3.05) is 12.3 Å². The summed E-state index contributed by atoms with van der Waals surface area (Å²) < 4.78 is 0. The Morgan fingerprint density at radius 3 is 2.07 bits per heavy atom. The molecule has 0 heterocycles. The second kappa shape index (κ2) is 12.6. The average molecular weight is 407 g/mol. The fraction of sp³-hybridized carbons (Fsp3) is 0.571. The summed E-state index contributed by atoms with van der Waals surface area (Å²) in [6.45, 7) is -0.702. The topological polar surface area (TPSA) is 213 Å². The minimum absolute atomic E-state index is 0.185. The van der Waals surface area contributed by atoms with Crippen molar-refractivity contribution in [3.05, 3.63) is 0 Å². The zero-order chi connectivity index (χ0) is 21.0. The highest BCUT2D eigenvalue weighted by molar-refractivity contribution is 8.13. The van der Waals surface area contributed by atoms with E-state index in [0.29, 0.717) is 11.8 Å². The van der Waals surface area contributed by atoms with Gasteiger partial charge in [-0.05, 0) is 6.42 Å². The molecule has 2 unspecified atom stereocenters. The molecule has 0 bridgehead atoms. The Hall–Kier alpha value is -2.67. The maximum absolute atomic E-state index is 12.0. The van der Waals surface area contributed by atoms with Crippen LogP contribution in [-0.2, 0) is 28.8 Å². The van der Waals surface area contributed by atoms with Gasteiger partial charge in [-0.2, -0.15) is 0 Å². The molecule has 0 radical (unpaired) electrons. The Morgan fingerprint density at radius 1 is 0.926 bits per heavy atom. The van der Waals surface area contributed by atoms with E-state index in [1.165, 1.54) is 0 Å². The molecule has 0 aliphatic heterocycles. The first-order valence-electron chi connectivity index (χ1n) is 7.67. The summed E-state index contributed by atoms with van der Waals surface area (Å²) in [5, 5.41) is 29.6. The Kier molecular flexibility index (Phi) is 11.4. The third-order valence-electron chi connectivity index (χ3n) is 3.02. The van der Waals surface area contributed by atoms with Crippen LogP contribution in [0.1, 0.15) is 25.7 Å². The molecule has 2 amide bonds. The first kappa shape index (κ1) is 24.3. The quantitative estimate of drug-likeness (QED) is 0.196. The summed E-state index contributed by atoms with van der Waals surface area (Å²) in [6.07, 6.45) is -1.14. The van der Waals surface area contributed by atoms with Crippen molar-refractivity contribution in [2.24, 2.45) is 5.73 Å². The lowest BCUT2D eigenvalue weighted by Crippen LogP contribution is -2.49. The van der Waals surface area contributed by atoms with Crippen molar-refractivity contribution in [1.29, 1.82) is 0 Å². The number of nitrogens with one attached hydrogen (secondary N) is 2. The van der Waals surface area contributed by atoms with Crippen molar-refractivity contribution in [2.45, 2.75) is 37.8 Å².